The first-order valence-corrected chi connectivity index (χ1v) is 2.82. The number of amides is 1. The van der Waals surface area contributed by atoms with Crippen molar-refractivity contribution in [3.63, 3.8) is 0 Å². The lowest BCUT2D eigenvalue weighted by molar-refractivity contribution is -0.128. The lowest BCUT2D eigenvalue weighted by Crippen LogP contribution is -2.29. The molecule has 0 saturated carbocycles. The summed E-state index contributed by atoms with van der Waals surface area (Å²) < 4.78 is 0. The molecule has 0 unspecified atom stereocenters. The zero-order chi connectivity index (χ0) is 7.28. The molecule has 0 aromatic rings. The number of hydrazine groups is 1. The number of halogens is 1. The van der Waals surface area contributed by atoms with Gasteiger partial charge in [-0.05, 0) is 0 Å². The summed E-state index contributed by atoms with van der Waals surface area (Å²) >= 11 is 0. The third-order valence-electron chi connectivity index (χ3n) is 0.982. The highest BCUT2D eigenvalue weighted by atomic mass is 35.5. The van der Waals surface area contributed by atoms with Gasteiger partial charge in [0.2, 0.25) is 5.91 Å². The molecule has 3 N–H and O–H groups in total. The summed E-state index contributed by atoms with van der Waals surface area (Å²) in [5.41, 5.74) is 2.41. The van der Waals surface area contributed by atoms with E-state index < -0.39 is 0 Å². The third kappa shape index (κ3) is 5.81. The molecule has 0 heterocycles. The molecule has 62 valence electrons. The fourth-order valence-corrected chi connectivity index (χ4v) is 0.403. The standard InChI is InChI=1S/C5H13N3O.ClH/c1-8(2)5(9)3-4-7-6;/h7H,3-4,6H2,1-2H3;1H. The van der Waals surface area contributed by atoms with Crippen LogP contribution in [-0.4, -0.2) is 31.4 Å². The van der Waals surface area contributed by atoms with Crippen LogP contribution in [0.25, 0.3) is 0 Å². The Morgan fingerprint density at radius 1 is 1.60 bits per heavy atom. The summed E-state index contributed by atoms with van der Waals surface area (Å²) in [6.45, 7) is 0.539. The van der Waals surface area contributed by atoms with Crippen LogP contribution in [0.15, 0.2) is 0 Å². The van der Waals surface area contributed by atoms with Crippen molar-refractivity contribution < 1.29 is 4.79 Å². The molecule has 0 atom stereocenters. The first kappa shape index (κ1) is 12.4. The Morgan fingerprint density at radius 3 is 2.40 bits per heavy atom. The van der Waals surface area contributed by atoms with Gasteiger partial charge in [0, 0.05) is 27.1 Å². The molecule has 0 aromatic carbocycles. The number of nitrogens with zero attached hydrogens (tertiary/aromatic N) is 1. The van der Waals surface area contributed by atoms with Crippen molar-refractivity contribution in [2.45, 2.75) is 6.42 Å². The number of hydrogen-bond donors (Lipinski definition) is 2. The molecule has 4 nitrogen and oxygen atoms in total. The molecule has 5 heteroatoms. The average Bonchev–Trinajstić information content (AvgIpc) is 1.82. The number of carbonyl (C=O) groups is 1. The first-order chi connectivity index (χ1) is 4.18. The Kier molecular flexibility index (Phi) is 8.40. The van der Waals surface area contributed by atoms with Crippen molar-refractivity contribution in [1.82, 2.24) is 10.3 Å². The predicted molar refractivity (Wildman–Crippen MR) is 42.7 cm³/mol. The van der Waals surface area contributed by atoms with Crippen LogP contribution in [0, 0.1) is 0 Å². The van der Waals surface area contributed by atoms with Crippen molar-refractivity contribution >= 4 is 18.3 Å². The van der Waals surface area contributed by atoms with E-state index in [9.17, 15) is 4.79 Å². The van der Waals surface area contributed by atoms with E-state index in [1.807, 2.05) is 0 Å². The van der Waals surface area contributed by atoms with E-state index in [1.165, 1.54) is 4.90 Å². The largest absolute Gasteiger partial charge is 0.349 e. The second kappa shape index (κ2) is 6.80. The maximum atomic E-state index is 10.7. The zero-order valence-corrected chi connectivity index (χ0v) is 7.07. The van der Waals surface area contributed by atoms with E-state index in [0.29, 0.717) is 13.0 Å². The van der Waals surface area contributed by atoms with E-state index in [2.05, 4.69) is 5.43 Å². The summed E-state index contributed by atoms with van der Waals surface area (Å²) in [5, 5.41) is 0. The average molecular weight is 168 g/mol. The third-order valence-corrected chi connectivity index (χ3v) is 0.982. The minimum absolute atomic E-state index is 0. The highest BCUT2D eigenvalue weighted by molar-refractivity contribution is 5.85. The zero-order valence-electron chi connectivity index (χ0n) is 6.26. The lowest BCUT2D eigenvalue weighted by atomic mass is 10.4. The molecule has 0 bridgehead atoms. The van der Waals surface area contributed by atoms with E-state index in [4.69, 9.17) is 5.84 Å². The van der Waals surface area contributed by atoms with Crippen molar-refractivity contribution in [2.24, 2.45) is 5.84 Å². The maximum absolute atomic E-state index is 10.7. The number of carbonyl (C=O) groups excluding carboxylic acids is 1. The van der Waals surface area contributed by atoms with Gasteiger partial charge in [0.1, 0.15) is 0 Å². The monoisotopic (exact) mass is 167 g/mol. The predicted octanol–water partition coefficient (Wildman–Crippen LogP) is -0.650. The fraction of sp³-hybridized carbons (Fsp3) is 0.800. The fourth-order valence-electron chi connectivity index (χ4n) is 0.403. The summed E-state index contributed by atoms with van der Waals surface area (Å²) in [5.74, 6) is 5.05. The Balaban J connectivity index is 0. The molecular formula is C5H14ClN3O. The number of hydrogen-bond acceptors (Lipinski definition) is 3. The van der Waals surface area contributed by atoms with E-state index in [-0.39, 0.29) is 18.3 Å². The van der Waals surface area contributed by atoms with Gasteiger partial charge in [-0.3, -0.25) is 16.1 Å². The quantitative estimate of drug-likeness (QED) is 0.434. The number of rotatable bonds is 3. The van der Waals surface area contributed by atoms with E-state index >= 15 is 0 Å². The molecule has 0 radical (unpaired) electrons. The van der Waals surface area contributed by atoms with Crippen LogP contribution in [0.4, 0.5) is 0 Å². The van der Waals surface area contributed by atoms with Gasteiger partial charge in [0.05, 0.1) is 0 Å². The van der Waals surface area contributed by atoms with Gasteiger partial charge < -0.3 is 4.90 Å². The Bertz CT molecular complexity index is 96.9. The second-order valence-electron chi connectivity index (χ2n) is 1.99. The van der Waals surface area contributed by atoms with Gasteiger partial charge in [-0.1, -0.05) is 0 Å². The van der Waals surface area contributed by atoms with Crippen molar-refractivity contribution in [2.75, 3.05) is 20.6 Å². The Hall–Kier alpha value is -0.320. The van der Waals surface area contributed by atoms with Crippen LogP contribution in [-0.2, 0) is 4.79 Å². The molecular weight excluding hydrogens is 154 g/mol. The lowest BCUT2D eigenvalue weighted by Gasteiger charge is -2.08. The van der Waals surface area contributed by atoms with Gasteiger partial charge >= 0.3 is 0 Å². The molecule has 0 aliphatic rings. The molecule has 0 spiro atoms. The summed E-state index contributed by atoms with van der Waals surface area (Å²) in [6.07, 6.45) is 0.462. The summed E-state index contributed by atoms with van der Waals surface area (Å²) in [6, 6.07) is 0. The van der Waals surface area contributed by atoms with Gasteiger partial charge in [0.15, 0.2) is 0 Å². The topological polar surface area (TPSA) is 58.4 Å². The maximum Gasteiger partial charge on any atom is 0.223 e. The van der Waals surface area contributed by atoms with Crippen LogP contribution in [0.3, 0.4) is 0 Å². The summed E-state index contributed by atoms with van der Waals surface area (Å²) in [4.78, 5) is 12.3. The van der Waals surface area contributed by atoms with Gasteiger partial charge in [-0.25, -0.2) is 0 Å². The molecule has 0 saturated heterocycles. The normalized spacial score (nSPS) is 8.30. The Labute approximate surface area is 67.1 Å². The molecule has 10 heavy (non-hydrogen) atoms. The number of nitrogens with one attached hydrogen (secondary N) is 1. The van der Waals surface area contributed by atoms with Crippen LogP contribution in [0.1, 0.15) is 6.42 Å². The number of nitrogens with two attached hydrogens (primary N) is 1. The van der Waals surface area contributed by atoms with Crippen LogP contribution >= 0.6 is 12.4 Å². The smallest absolute Gasteiger partial charge is 0.223 e. The van der Waals surface area contributed by atoms with Gasteiger partial charge in [0.25, 0.3) is 0 Å². The molecule has 0 aliphatic carbocycles. The molecule has 0 aliphatic heterocycles. The SMILES string of the molecule is CN(C)C(=O)CCNN.Cl. The highest BCUT2D eigenvalue weighted by Gasteiger charge is 2.00. The molecule has 0 aromatic heterocycles. The van der Waals surface area contributed by atoms with Crippen LogP contribution in [0.2, 0.25) is 0 Å². The van der Waals surface area contributed by atoms with Crippen LogP contribution in [0.5, 0.6) is 0 Å². The molecule has 0 rings (SSSR count). The highest BCUT2D eigenvalue weighted by Crippen LogP contribution is 1.82. The minimum atomic E-state index is 0. The first-order valence-electron chi connectivity index (χ1n) is 2.82. The molecule has 1 amide bonds. The van der Waals surface area contributed by atoms with E-state index in [0.717, 1.165) is 0 Å². The molecule has 0 fully saturated rings. The van der Waals surface area contributed by atoms with Crippen molar-refractivity contribution in [3.05, 3.63) is 0 Å². The van der Waals surface area contributed by atoms with Gasteiger partial charge in [-0.2, -0.15) is 0 Å². The van der Waals surface area contributed by atoms with Crippen molar-refractivity contribution in [3.8, 4) is 0 Å². The second-order valence-corrected chi connectivity index (χ2v) is 1.99. The van der Waals surface area contributed by atoms with Crippen molar-refractivity contribution in [1.29, 1.82) is 0 Å². The van der Waals surface area contributed by atoms with E-state index in [1.54, 1.807) is 14.1 Å². The van der Waals surface area contributed by atoms with Crippen LogP contribution < -0.4 is 11.3 Å². The van der Waals surface area contributed by atoms with Gasteiger partial charge in [-0.15, -0.1) is 12.4 Å². The Morgan fingerprint density at radius 2 is 2.10 bits per heavy atom. The minimum Gasteiger partial charge on any atom is -0.349 e. The summed E-state index contributed by atoms with van der Waals surface area (Å²) in [7, 11) is 3.44.